The Bertz CT molecular complexity index is 1280. The summed E-state index contributed by atoms with van der Waals surface area (Å²) in [5.74, 6) is 0.302. The summed E-state index contributed by atoms with van der Waals surface area (Å²) in [4.78, 5) is 16.9. The van der Waals surface area contributed by atoms with E-state index >= 15 is 0 Å². The first-order valence-electron chi connectivity index (χ1n) is 9.47. The minimum absolute atomic E-state index is 0.0536. The van der Waals surface area contributed by atoms with Crippen LogP contribution in [0.4, 0.5) is 10.8 Å². The molecule has 2 N–H and O–H groups in total. The number of nitrogens with one attached hydrogen (secondary N) is 2. The number of aromatic nitrogens is 1. The second-order valence-corrected chi connectivity index (χ2v) is 9.24. The zero-order chi connectivity index (χ0) is 21.8. The van der Waals surface area contributed by atoms with Crippen molar-refractivity contribution in [3.05, 3.63) is 78.4 Å². The lowest BCUT2D eigenvalue weighted by molar-refractivity contribution is 0.102. The summed E-state index contributed by atoms with van der Waals surface area (Å²) >= 11 is 1.37. The molecule has 0 fully saturated rings. The Hall–Kier alpha value is -3.43. The summed E-state index contributed by atoms with van der Waals surface area (Å²) in [6, 6.07) is 20.0. The van der Waals surface area contributed by atoms with E-state index in [1.54, 1.807) is 24.3 Å². The monoisotopic (exact) mass is 453 g/mol. The van der Waals surface area contributed by atoms with E-state index in [1.165, 1.54) is 35.6 Å². The van der Waals surface area contributed by atoms with Crippen molar-refractivity contribution < 1.29 is 17.9 Å². The Balaban J connectivity index is 1.45. The zero-order valence-electron chi connectivity index (χ0n) is 16.5. The van der Waals surface area contributed by atoms with Crippen molar-refractivity contribution in [2.24, 2.45) is 0 Å². The zero-order valence-corrected chi connectivity index (χ0v) is 18.2. The number of hydrogen-bond acceptors (Lipinski definition) is 6. The molecule has 0 atom stereocenters. The molecule has 9 heteroatoms. The van der Waals surface area contributed by atoms with Crippen molar-refractivity contribution in [2.75, 3.05) is 16.6 Å². The van der Waals surface area contributed by atoms with Gasteiger partial charge >= 0.3 is 0 Å². The Morgan fingerprint density at radius 1 is 1.00 bits per heavy atom. The molecule has 0 radical (unpaired) electrons. The van der Waals surface area contributed by atoms with Gasteiger partial charge in [-0.2, -0.15) is 0 Å². The molecule has 1 amide bonds. The van der Waals surface area contributed by atoms with Gasteiger partial charge in [0.2, 0.25) is 0 Å². The molecule has 158 valence electrons. The second kappa shape index (κ2) is 8.75. The van der Waals surface area contributed by atoms with Gasteiger partial charge in [0, 0.05) is 11.3 Å². The van der Waals surface area contributed by atoms with Crippen LogP contribution in [0, 0.1) is 0 Å². The van der Waals surface area contributed by atoms with E-state index in [9.17, 15) is 13.2 Å². The quantitative estimate of drug-likeness (QED) is 0.421. The van der Waals surface area contributed by atoms with Crippen molar-refractivity contribution in [1.29, 1.82) is 0 Å². The maximum Gasteiger partial charge on any atom is 0.261 e. The van der Waals surface area contributed by atoms with E-state index in [0.29, 0.717) is 28.7 Å². The first-order chi connectivity index (χ1) is 14.9. The van der Waals surface area contributed by atoms with Crippen LogP contribution in [0.3, 0.4) is 0 Å². The van der Waals surface area contributed by atoms with Gasteiger partial charge in [-0.05, 0) is 67.6 Å². The van der Waals surface area contributed by atoms with Gasteiger partial charge in [0.05, 0.1) is 21.7 Å². The highest BCUT2D eigenvalue weighted by Crippen LogP contribution is 2.26. The number of sulfonamides is 1. The van der Waals surface area contributed by atoms with Crippen LogP contribution in [-0.2, 0) is 10.0 Å². The summed E-state index contributed by atoms with van der Waals surface area (Å²) < 4.78 is 34.1. The molecule has 1 aromatic heterocycles. The molecule has 31 heavy (non-hydrogen) atoms. The van der Waals surface area contributed by atoms with Gasteiger partial charge in [-0.3, -0.25) is 14.8 Å². The van der Waals surface area contributed by atoms with Crippen molar-refractivity contribution in [3.8, 4) is 5.75 Å². The van der Waals surface area contributed by atoms with Crippen molar-refractivity contribution in [3.63, 3.8) is 0 Å². The Morgan fingerprint density at radius 3 is 2.39 bits per heavy atom. The van der Waals surface area contributed by atoms with Crippen LogP contribution in [0.1, 0.15) is 17.3 Å². The number of benzene rings is 3. The highest BCUT2D eigenvalue weighted by molar-refractivity contribution is 7.92. The summed E-state index contributed by atoms with van der Waals surface area (Å²) in [5.41, 5.74) is 1.56. The van der Waals surface area contributed by atoms with Crippen LogP contribution >= 0.6 is 11.3 Å². The molecule has 1 heterocycles. The lowest BCUT2D eigenvalue weighted by Crippen LogP contribution is -2.14. The number of thiazole rings is 1. The van der Waals surface area contributed by atoms with Crippen molar-refractivity contribution >= 4 is 48.3 Å². The Kier molecular flexibility index (Phi) is 5.88. The number of amides is 1. The summed E-state index contributed by atoms with van der Waals surface area (Å²) in [5, 5.41) is 3.24. The molecule has 0 spiro atoms. The maximum absolute atomic E-state index is 12.6. The molecule has 0 unspecified atom stereocenters. The van der Waals surface area contributed by atoms with E-state index in [2.05, 4.69) is 15.0 Å². The molecular formula is C22H19N3O4S2. The third-order valence-electron chi connectivity index (χ3n) is 4.36. The highest BCUT2D eigenvalue weighted by atomic mass is 32.2. The molecule has 0 aliphatic carbocycles. The molecule has 0 aliphatic heterocycles. The smallest absolute Gasteiger partial charge is 0.261 e. The van der Waals surface area contributed by atoms with Crippen LogP contribution in [0.5, 0.6) is 5.75 Å². The van der Waals surface area contributed by atoms with E-state index in [-0.39, 0.29) is 10.8 Å². The van der Waals surface area contributed by atoms with E-state index in [4.69, 9.17) is 4.74 Å². The minimum atomic E-state index is -3.79. The van der Waals surface area contributed by atoms with Crippen molar-refractivity contribution in [1.82, 2.24) is 4.98 Å². The fourth-order valence-corrected chi connectivity index (χ4v) is 4.80. The van der Waals surface area contributed by atoms with Gasteiger partial charge in [0.25, 0.3) is 15.9 Å². The summed E-state index contributed by atoms with van der Waals surface area (Å²) in [6.07, 6.45) is 0. The van der Waals surface area contributed by atoms with E-state index in [0.717, 1.165) is 10.2 Å². The number of fused-ring (bicyclic) bond motifs is 1. The van der Waals surface area contributed by atoms with Gasteiger partial charge < -0.3 is 4.74 Å². The van der Waals surface area contributed by atoms with Crippen molar-refractivity contribution in [2.45, 2.75) is 11.8 Å². The number of ether oxygens (including phenoxy) is 1. The Morgan fingerprint density at radius 2 is 1.71 bits per heavy atom. The van der Waals surface area contributed by atoms with E-state index in [1.807, 2.05) is 31.2 Å². The van der Waals surface area contributed by atoms with Gasteiger partial charge in [-0.15, -0.1) is 0 Å². The fraction of sp³-hybridized carbons (Fsp3) is 0.0909. The van der Waals surface area contributed by atoms with Crippen LogP contribution in [-0.4, -0.2) is 25.9 Å². The molecule has 3 aromatic carbocycles. The normalized spacial score (nSPS) is 11.3. The standard InChI is InChI=1S/C22H19N3O4S2/c1-2-29-17-11-9-16(10-12-17)25-31(27,28)18-13-7-15(8-14-18)21(26)24-22-23-19-5-3-4-6-20(19)30-22/h3-14,25H,2H2,1H3,(H,23,24,26). The molecule has 0 aliphatic rings. The first kappa shape index (κ1) is 20.8. The third-order valence-corrected chi connectivity index (χ3v) is 6.71. The summed E-state index contributed by atoms with van der Waals surface area (Å²) in [6.45, 7) is 2.41. The van der Waals surface area contributed by atoms with E-state index < -0.39 is 10.0 Å². The number of carbonyl (C=O) groups excluding carboxylic acids is 1. The number of rotatable bonds is 7. The third kappa shape index (κ3) is 4.84. The molecule has 4 rings (SSSR count). The van der Waals surface area contributed by atoms with Crippen LogP contribution in [0.15, 0.2) is 77.7 Å². The minimum Gasteiger partial charge on any atom is -0.494 e. The lowest BCUT2D eigenvalue weighted by Gasteiger charge is -2.10. The molecule has 0 saturated heterocycles. The Labute approximate surface area is 183 Å². The number of hydrogen-bond donors (Lipinski definition) is 2. The average molecular weight is 454 g/mol. The number of para-hydroxylation sites is 1. The van der Waals surface area contributed by atoms with Gasteiger partial charge in [0.1, 0.15) is 5.75 Å². The second-order valence-electron chi connectivity index (χ2n) is 6.53. The largest absolute Gasteiger partial charge is 0.494 e. The van der Waals surface area contributed by atoms with Gasteiger partial charge in [0.15, 0.2) is 5.13 Å². The number of nitrogens with zero attached hydrogens (tertiary/aromatic N) is 1. The number of anilines is 2. The molecule has 0 bridgehead atoms. The van der Waals surface area contributed by atoms with Gasteiger partial charge in [-0.25, -0.2) is 13.4 Å². The number of carbonyl (C=O) groups is 1. The maximum atomic E-state index is 12.6. The van der Waals surface area contributed by atoms with Gasteiger partial charge in [-0.1, -0.05) is 23.5 Å². The average Bonchev–Trinajstić information content (AvgIpc) is 3.17. The molecular weight excluding hydrogens is 434 g/mol. The van der Waals surface area contributed by atoms with Crippen LogP contribution < -0.4 is 14.8 Å². The lowest BCUT2D eigenvalue weighted by atomic mass is 10.2. The fourth-order valence-electron chi connectivity index (χ4n) is 2.88. The SMILES string of the molecule is CCOc1ccc(NS(=O)(=O)c2ccc(C(=O)Nc3nc4ccccc4s3)cc2)cc1. The highest BCUT2D eigenvalue weighted by Gasteiger charge is 2.16. The predicted molar refractivity (Wildman–Crippen MR) is 122 cm³/mol. The topological polar surface area (TPSA) is 97.4 Å². The predicted octanol–water partition coefficient (Wildman–Crippen LogP) is 4.75. The molecule has 7 nitrogen and oxygen atoms in total. The molecule has 0 saturated carbocycles. The summed E-state index contributed by atoms with van der Waals surface area (Å²) in [7, 11) is -3.79. The first-order valence-corrected chi connectivity index (χ1v) is 11.8. The molecule has 4 aromatic rings. The van der Waals surface area contributed by atoms with Crippen LogP contribution in [0.2, 0.25) is 0 Å². The van der Waals surface area contributed by atoms with Crippen LogP contribution in [0.25, 0.3) is 10.2 Å².